The molecule has 0 spiro atoms. The Morgan fingerprint density at radius 2 is 1.79 bits per heavy atom. The summed E-state index contributed by atoms with van der Waals surface area (Å²) in [5.41, 5.74) is 6.92. The van der Waals surface area contributed by atoms with Gasteiger partial charge in [-0.1, -0.05) is 43.3 Å². The molecule has 29 heavy (non-hydrogen) atoms. The first-order valence-corrected chi connectivity index (χ1v) is 9.93. The Morgan fingerprint density at radius 1 is 1.03 bits per heavy atom. The second-order valence-electron chi connectivity index (χ2n) is 8.15. The van der Waals surface area contributed by atoms with Gasteiger partial charge in [-0.15, -0.1) is 0 Å². The van der Waals surface area contributed by atoms with E-state index in [-0.39, 0.29) is 11.3 Å². The topological polar surface area (TPSA) is 62.0 Å². The fraction of sp³-hybridized carbons (Fsp3) is 0.200. The number of aromatic amines is 1. The zero-order valence-electron chi connectivity index (χ0n) is 16.7. The highest BCUT2D eigenvalue weighted by Crippen LogP contribution is 2.41. The molecule has 4 heteroatoms. The van der Waals surface area contributed by atoms with Crippen molar-refractivity contribution in [3.8, 4) is 11.3 Å². The van der Waals surface area contributed by atoms with Crippen LogP contribution < -0.4 is 10.9 Å². The van der Waals surface area contributed by atoms with Crippen molar-refractivity contribution in [2.45, 2.75) is 27.2 Å². The van der Waals surface area contributed by atoms with Crippen molar-refractivity contribution in [2.75, 3.05) is 5.32 Å². The van der Waals surface area contributed by atoms with E-state index >= 15 is 0 Å². The first-order chi connectivity index (χ1) is 13.9. The summed E-state index contributed by atoms with van der Waals surface area (Å²) in [6.45, 7) is 6.46. The molecular formula is C25H22N2O2. The van der Waals surface area contributed by atoms with Gasteiger partial charge in [0.15, 0.2) is 5.78 Å². The van der Waals surface area contributed by atoms with Gasteiger partial charge in [0.25, 0.3) is 0 Å². The average Bonchev–Trinajstić information content (AvgIpc) is 2.68. The number of carbonyl (C=O) groups excluding carboxylic acids is 1. The van der Waals surface area contributed by atoms with Gasteiger partial charge in [0.2, 0.25) is 5.56 Å². The molecule has 1 unspecified atom stereocenters. The lowest BCUT2D eigenvalue weighted by atomic mass is 9.84. The Bertz CT molecular complexity index is 1320. The van der Waals surface area contributed by atoms with E-state index in [0.717, 1.165) is 39.8 Å². The molecule has 0 saturated heterocycles. The molecule has 0 saturated carbocycles. The van der Waals surface area contributed by atoms with Crippen molar-refractivity contribution in [3.05, 3.63) is 86.9 Å². The molecule has 1 aromatic heterocycles. The lowest BCUT2D eigenvalue weighted by Crippen LogP contribution is -2.18. The largest absolute Gasteiger partial charge is 0.355 e. The first kappa shape index (κ1) is 17.7. The van der Waals surface area contributed by atoms with Gasteiger partial charge < -0.3 is 10.3 Å². The maximum atomic E-state index is 13.5. The molecule has 144 valence electrons. The van der Waals surface area contributed by atoms with E-state index in [1.165, 1.54) is 11.1 Å². The van der Waals surface area contributed by atoms with E-state index in [4.69, 9.17) is 0 Å². The summed E-state index contributed by atoms with van der Waals surface area (Å²) in [5.74, 6) is 0.498. The van der Waals surface area contributed by atoms with Crippen LogP contribution >= 0.6 is 0 Å². The van der Waals surface area contributed by atoms with Crippen LogP contribution in [-0.4, -0.2) is 10.8 Å². The van der Waals surface area contributed by atoms with Crippen LogP contribution in [0.15, 0.2) is 70.2 Å². The van der Waals surface area contributed by atoms with E-state index in [1.54, 1.807) is 6.07 Å². The van der Waals surface area contributed by atoms with Crippen LogP contribution in [0.3, 0.4) is 0 Å². The first-order valence-electron chi connectivity index (χ1n) is 9.93. The van der Waals surface area contributed by atoms with Crippen LogP contribution in [0, 0.1) is 5.92 Å². The minimum absolute atomic E-state index is 0.0164. The molecule has 4 nitrogen and oxygen atoms in total. The molecule has 2 aliphatic rings. The summed E-state index contributed by atoms with van der Waals surface area (Å²) in [7, 11) is 0. The molecular weight excluding hydrogens is 360 g/mol. The van der Waals surface area contributed by atoms with Crippen molar-refractivity contribution < 1.29 is 4.79 Å². The van der Waals surface area contributed by atoms with E-state index < -0.39 is 0 Å². The van der Waals surface area contributed by atoms with E-state index in [9.17, 15) is 9.59 Å². The highest BCUT2D eigenvalue weighted by atomic mass is 16.1. The number of hydrogen-bond donors (Lipinski definition) is 2. The van der Waals surface area contributed by atoms with Crippen molar-refractivity contribution >= 4 is 22.2 Å². The van der Waals surface area contributed by atoms with Gasteiger partial charge in [0.1, 0.15) is 0 Å². The Hall–Kier alpha value is -3.40. The zero-order valence-corrected chi connectivity index (χ0v) is 16.7. The van der Waals surface area contributed by atoms with Crippen LogP contribution in [0.1, 0.15) is 43.1 Å². The molecule has 0 aliphatic heterocycles. The van der Waals surface area contributed by atoms with Crippen LogP contribution in [0.4, 0.5) is 5.69 Å². The minimum Gasteiger partial charge on any atom is -0.355 e. The summed E-state index contributed by atoms with van der Waals surface area (Å²) in [5, 5.41) is 5.14. The van der Waals surface area contributed by atoms with Gasteiger partial charge in [0.05, 0.1) is 16.9 Å². The summed E-state index contributed by atoms with van der Waals surface area (Å²) < 4.78 is 0. The van der Waals surface area contributed by atoms with Gasteiger partial charge >= 0.3 is 0 Å². The number of ketones is 1. The number of aromatic nitrogens is 1. The van der Waals surface area contributed by atoms with Gasteiger partial charge in [-0.2, -0.15) is 0 Å². The highest BCUT2D eigenvalue weighted by Gasteiger charge is 2.29. The summed E-state index contributed by atoms with van der Waals surface area (Å²) in [4.78, 5) is 28.7. The Labute approximate surface area is 169 Å². The Balaban J connectivity index is 1.78. The molecule has 0 amide bonds. The highest BCUT2D eigenvalue weighted by molar-refractivity contribution is 6.27. The third kappa shape index (κ3) is 2.67. The number of hydrogen-bond acceptors (Lipinski definition) is 3. The number of fused-ring (bicyclic) bond motifs is 2. The number of benzene rings is 2. The fourth-order valence-electron chi connectivity index (χ4n) is 4.78. The fourth-order valence-corrected chi connectivity index (χ4v) is 4.78. The lowest BCUT2D eigenvalue weighted by Gasteiger charge is -2.26. The predicted octanol–water partition coefficient (Wildman–Crippen LogP) is 5.41. The maximum Gasteiger partial charge on any atom is 0.249 e. The monoisotopic (exact) mass is 382 g/mol. The number of nitrogens with one attached hydrogen (secondary N) is 2. The van der Waals surface area contributed by atoms with Crippen LogP contribution in [0.2, 0.25) is 0 Å². The number of rotatable bonds is 2. The third-order valence-electron chi connectivity index (χ3n) is 5.93. The van der Waals surface area contributed by atoms with Crippen LogP contribution in [0.25, 0.3) is 22.0 Å². The van der Waals surface area contributed by atoms with Gasteiger partial charge in [0, 0.05) is 28.3 Å². The summed E-state index contributed by atoms with van der Waals surface area (Å²) in [6.07, 6.45) is 3.26. The number of H-pyrrole nitrogens is 1. The molecule has 5 rings (SSSR count). The van der Waals surface area contributed by atoms with E-state index in [0.29, 0.717) is 17.0 Å². The standard InChI is InChI=1S/C25H22N2O2/c1-13-10-14(2)23(15(3)11-13)26-19-9-8-16-12-20(28)27-24-17-6-4-5-7-18(17)25(29)22(19)21(16)24/h4-10,12-13,26H,11H2,1-3H3,(H,27,28). The second kappa shape index (κ2) is 6.31. The third-order valence-corrected chi connectivity index (χ3v) is 5.93. The molecule has 1 atom stereocenters. The van der Waals surface area contributed by atoms with Crippen molar-refractivity contribution in [1.82, 2.24) is 4.98 Å². The van der Waals surface area contributed by atoms with Crippen LogP contribution in [-0.2, 0) is 0 Å². The van der Waals surface area contributed by atoms with E-state index in [2.05, 4.69) is 37.1 Å². The molecule has 0 bridgehead atoms. The molecule has 2 N–H and O–H groups in total. The number of allylic oxidation sites excluding steroid dienone is 3. The predicted molar refractivity (Wildman–Crippen MR) is 117 cm³/mol. The SMILES string of the molecule is CC1=CC(C)CC(C)=C1Nc1ccc2cc(=O)[nH]c3c2c1C(=O)c1ccccc1-3. The molecule has 2 aromatic carbocycles. The zero-order chi connectivity index (χ0) is 20.3. The number of pyridine rings is 1. The molecule has 0 radical (unpaired) electrons. The summed E-state index contributed by atoms with van der Waals surface area (Å²) in [6, 6.07) is 12.9. The van der Waals surface area contributed by atoms with Crippen molar-refractivity contribution in [3.63, 3.8) is 0 Å². The quantitative estimate of drug-likeness (QED) is 0.487. The summed E-state index contributed by atoms with van der Waals surface area (Å²) >= 11 is 0. The molecule has 2 aliphatic carbocycles. The van der Waals surface area contributed by atoms with Crippen LogP contribution in [0.5, 0.6) is 0 Å². The van der Waals surface area contributed by atoms with Crippen molar-refractivity contribution in [1.29, 1.82) is 0 Å². The molecule has 3 aromatic rings. The molecule has 0 fully saturated rings. The normalized spacial score (nSPS) is 18.0. The second-order valence-corrected chi connectivity index (χ2v) is 8.15. The molecule has 1 heterocycles. The maximum absolute atomic E-state index is 13.5. The Kier molecular flexibility index (Phi) is 3.85. The van der Waals surface area contributed by atoms with Gasteiger partial charge in [-0.3, -0.25) is 9.59 Å². The van der Waals surface area contributed by atoms with Crippen molar-refractivity contribution in [2.24, 2.45) is 5.92 Å². The minimum atomic E-state index is -0.165. The van der Waals surface area contributed by atoms with E-state index in [1.807, 2.05) is 36.4 Å². The van der Waals surface area contributed by atoms with Gasteiger partial charge in [-0.25, -0.2) is 0 Å². The smallest absolute Gasteiger partial charge is 0.249 e. The lowest BCUT2D eigenvalue weighted by molar-refractivity contribution is 0.104. The van der Waals surface area contributed by atoms with Gasteiger partial charge in [-0.05, 0) is 48.8 Å². The number of carbonyl (C=O) groups is 1. The Morgan fingerprint density at radius 3 is 2.55 bits per heavy atom. The average molecular weight is 382 g/mol. The number of anilines is 1.